The molecule has 1 amide bonds. The normalized spacial score (nSPS) is 11.9. The monoisotopic (exact) mass is 391 g/mol. The molecule has 24 heavy (non-hydrogen) atoms. The van der Waals surface area contributed by atoms with Crippen LogP contribution in [0.5, 0.6) is 11.5 Å². The van der Waals surface area contributed by atoms with Gasteiger partial charge in [0.2, 0.25) is 6.79 Å². The van der Waals surface area contributed by atoms with E-state index in [0.717, 1.165) is 10.0 Å². The number of carbonyl (C=O) groups excluding carboxylic acids is 2. The number of hydrogen-bond donors (Lipinski definition) is 1. The van der Waals surface area contributed by atoms with E-state index in [-0.39, 0.29) is 25.9 Å². The predicted octanol–water partition coefficient (Wildman–Crippen LogP) is 2.65. The van der Waals surface area contributed by atoms with Crippen molar-refractivity contribution in [1.82, 2.24) is 5.32 Å². The summed E-state index contributed by atoms with van der Waals surface area (Å²) in [5, 5.41) is 2.52. The first kappa shape index (κ1) is 16.3. The van der Waals surface area contributed by atoms with Gasteiger partial charge in [-0.3, -0.25) is 9.59 Å². The van der Waals surface area contributed by atoms with Crippen molar-refractivity contribution in [3.05, 3.63) is 58.1 Å². The zero-order valence-electron chi connectivity index (χ0n) is 12.6. The quantitative estimate of drug-likeness (QED) is 0.793. The highest BCUT2D eigenvalue weighted by molar-refractivity contribution is 9.10. The lowest BCUT2D eigenvalue weighted by Gasteiger charge is -2.07. The minimum Gasteiger partial charge on any atom is -0.460 e. The molecule has 1 N–H and O–H groups in total. The average molecular weight is 392 g/mol. The second-order valence-electron chi connectivity index (χ2n) is 5.04. The van der Waals surface area contributed by atoms with Gasteiger partial charge in [0.05, 0.1) is 0 Å². The largest absolute Gasteiger partial charge is 0.460 e. The number of benzene rings is 2. The van der Waals surface area contributed by atoms with E-state index in [4.69, 9.17) is 14.2 Å². The van der Waals surface area contributed by atoms with Gasteiger partial charge in [0.15, 0.2) is 11.5 Å². The van der Waals surface area contributed by atoms with E-state index in [0.29, 0.717) is 17.1 Å². The minimum absolute atomic E-state index is 0.142. The van der Waals surface area contributed by atoms with Gasteiger partial charge in [-0.05, 0) is 35.9 Å². The fourth-order valence-electron chi connectivity index (χ4n) is 2.09. The van der Waals surface area contributed by atoms with Crippen molar-refractivity contribution in [2.75, 3.05) is 13.3 Å². The van der Waals surface area contributed by atoms with E-state index in [1.807, 2.05) is 24.3 Å². The van der Waals surface area contributed by atoms with Crippen LogP contribution < -0.4 is 14.8 Å². The molecule has 0 atom stereocenters. The van der Waals surface area contributed by atoms with Gasteiger partial charge in [-0.15, -0.1) is 0 Å². The predicted molar refractivity (Wildman–Crippen MR) is 88.8 cm³/mol. The fraction of sp³-hybridized carbons (Fsp3) is 0.176. The molecule has 0 bridgehead atoms. The van der Waals surface area contributed by atoms with Crippen LogP contribution in [0.3, 0.4) is 0 Å². The van der Waals surface area contributed by atoms with Gasteiger partial charge in [0.25, 0.3) is 5.91 Å². The summed E-state index contributed by atoms with van der Waals surface area (Å²) >= 11 is 3.34. The number of nitrogens with one attached hydrogen (secondary N) is 1. The third-order valence-corrected chi connectivity index (χ3v) is 3.87. The molecule has 0 radical (unpaired) electrons. The molecule has 2 aromatic rings. The number of amides is 1. The van der Waals surface area contributed by atoms with Crippen LogP contribution in [0.1, 0.15) is 15.9 Å². The molecule has 0 spiro atoms. The third-order valence-electron chi connectivity index (χ3n) is 3.34. The molecule has 124 valence electrons. The number of fused-ring (bicyclic) bond motifs is 1. The summed E-state index contributed by atoms with van der Waals surface area (Å²) in [6.07, 6.45) is 0. The van der Waals surface area contributed by atoms with Gasteiger partial charge >= 0.3 is 5.97 Å². The number of rotatable bonds is 5. The Kier molecular flexibility index (Phi) is 5.00. The van der Waals surface area contributed by atoms with E-state index < -0.39 is 5.97 Å². The summed E-state index contributed by atoms with van der Waals surface area (Å²) in [7, 11) is 0. The van der Waals surface area contributed by atoms with Crippen LogP contribution in [0.4, 0.5) is 0 Å². The lowest BCUT2D eigenvalue weighted by atomic mass is 10.2. The highest BCUT2D eigenvalue weighted by atomic mass is 79.9. The van der Waals surface area contributed by atoms with Crippen molar-refractivity contribution in [2.24, 2.45) is 0 Å². The molecule has 2 aromatic carbocycles. The molecule has 1 heterocycles. The Morgan fingerprint density at radius 2 is 1.83 bits per heavy atom. The molecular weight excluding hydrogens is 378 g/mol. The molecule has 1 aliphatic heterocycles. The summed E-state index contributed by atoms with van der Waals surface area (Å²) in [5.41, 5.74) is 1.26. The topological polar surface area (TPSA) is 73.9 Å². The zero-order chi connectivity index (χ0) is 16.9. The smallest absolute Gasteiger partial charge is 0.325 e. The van der Waals surface area contributed by atoms with Crippen LogP contribution in [0.2, 0.25) is 0 Å². The first-order valence-corrected chi connectivity index (χ1v) is 7.99. The highest BCUT2D eigenvalue weighted by Crippen LogP contribution is 2.32. The molecule has 7 heteroatoms. The molecule has 0 aliphatic carbocycles. The van der Waals surface area contributed by atoms with Crippen LogP contribution in [-0.2, 0) is 16.1 Å². The Morgan fingerprint density at radius 3 is 2.62 bits per heavy atom. The molecule has 3 rings (SSSR count). The number of esters is 1. The molecule has 1 aliphatic rings. The van der Waals surface area contributed by atoms with Crippen molar-refractivity contribution in [1.29, 1.82) is 0 Å². The summed E-state index contributed by atoms with van der Waals surface area (Å²) in [6, 6.07) is 12.3. The van der Waals surface area contributed by atoms with Gasteiger partial charge in [-0.1, -0.05) is 28.1 Å². The van der Waals surface area contributed by atoms with Crippen molar-refractivity contribution in [3.8, 4) is 11.5 Å². The lowest BCUT2D eigenvalue weighted by molar-refractivity contribution is -0.143. The Morgan fingerprint density at radius 1 is 1.08 bits per heavy atom. The maximum atomic E-state index is 12.0. The van der Waals surface area contributed by atoms with Gasteiger partial charge in [0.1, 0.15) is 13.2 Å². The van der Waals surface area contributed by atoms with Crippen LogP contribution in [0, 0.1) is 0 Å². The molecule has 0 saturated carbocycles. The number of halogens is 1. The first-order valence-electron chi connectivity index (χ1n) is 7.20. The van der Waals surface area contributed by atoms with Crippen LogP contribution in [-0.4, -0.2) is 25.2 Å². The summed E-state index contributed by atoms with van der Waals surface area (Å²) in [4.78, 5) is 23.8. The Balaban J connectivity index is 1.47. The van der Waals surface area contributed by atoms with Crippen molar-refractivity contribution >= 4 is 27.8 Å². The van der Waals surface area contributed by atoms with Gasteiger partial charge in [-0.25, -0.2) is 0 Å². The number of carbonyl (C=O) groups is 2. The molecule has 6 nitrogen and oxygen atoms in total. The van der Waals surface area contributed by atoms with Crippen molar-refractivity contribution in [3.63, 3.8) is 0 Å². The van der Waals surface area contributed by atoms with E-state index in [1.54, 1.807) is 18.2 Å². The maximum absolute atomic E-state index is 12.0. The van der Waals surface area contributed by atoms with Crippen LogP contribution >= 0.6 is 15.9 Å². The zero-order valence-corrected chi connectivity index (χ0v) is 14.2. The molecule has 0 unspecified atom stereocenters. The SMILES string of the molecule is O=C(CNC(=O)c1ccc2c(c1)OCO2)OCc1ccc(Br)cc1. The van der Waals surface area contributed by atoms with Gasteiger partial charge < -0.3 is 19.5 Å². The Hall–Kier alpha value is -2.54. The van der Waals surface area contributed by atoms with E-state index in [2.05, 4.69) is 21.2 Å². The fourth-order valence-corrected chi connectivity index (χ4v) is 2.35. The molecule has 0 saturated heterocycles. The first-order chi connectivity index (χ1) is 11.6. The standard InChI is InChI=1S/C17H14BrNO5/c18-13-4-1-11(2-5-13)9-22-16(20)8-19-17(21)12-3-6-14-15(7-12)24-10-23-14/h1-7H,8-10H2,(H,19,21). The van der Waals surface area contributed by atoms with Crippen LogP contribution in [0.15, 0.2) is 46.9 Å². The van der Waals surface area contributed by atoms with E-state index >= 15 is 0 Å². The van der Waals surface area contributed by atoms with Crippen molar-refractivity contribution < 1.29 is 23.8 Å². The van der Waals surface area contributed by atoms with Gasteiger partial charge in [-0.2, -0.15) is 0 Å². The Bertz CT molecular complexity index is 760. The molecular formula is C17H14BrNO5. The summed E-state index contributed by atoms with van der Waals surface area (Å²) in [6.45, 7) is 0.0958. The van der Waals surface area contributed by atoms with Crippen LogP contribution in [0.25, 0.3) is 0 Å². The second kappa shape index (κ2) is 7.35. The maximum Gasteiger partial charge on any atom is 0.325 e. The van der Waals surface area contributed by atoms with Crippen molar-refractivity contribution in [2.45, 2.75) is 6.61 Å². The molecule has 0 aromatic heterocycles. The summed E-state index contributed by atoms with van der Waals surface area (Å²) in [5.74, 6) is 0.224. The summed E-state index contributed by atoms with van der Waals surface area (Å²) < 4.78 is 16.5. The number of ether oxygens (including phenoxy) is 3. The van der Waals surface area contributed by atoms with E-state index in [1.165, 1.54) is 0 Å². The highest BCUT2D eigenvalue weighted by Gasteiger charge is 2.16. The second-order valence-corrected chi connectivity index (χ2v) is 5.95. The lowest BCUT2D eigenvalue weighted by Crippen LogP contribution is -2.30. The Labute approximate surface area is 146 Å². The van der Waals surface area contributed by atoms with Gasteiger partial charge in [0, 0.05) is 10.0 Å². The van der Waals surface area contributed by atoms with E-state index in [9.17, 15) is 9.59 Å². The average Bonchev–Trinajstić information content (AvgIpc) is 3.06. The number of hydrogen-bond acceptors (Lipinski definition) is 5. The minimum atomic E-state index is -0.507. The third kappa shape index (κ3) is 4.05. The molecule has 0 fully saturated rings.